The van der Waals surface area contributed by atoms with Crippen molar-refractivity contribution in [2.75, 3.05) is 13.7 Å². The van der Waals surface area contributed by atoms with Gasteiger partial charge in [0, 0.05) is 38.2 Å². The number of aliphatic hydroxyl groups excluding tert-OH is 4. The minimum atomic E-state index is -2.34. The maximum Gasteiger partial charge on any atom is 0.265 e. The van der Waals surface area contributed by atoms with E-state index in [1.807, 2.05) is 26.8 Å². The number of rotatable bonds is 17. The quantitative estimate of drug-likeness (QED) is 0.0687. The van der Waals surface area contributed by atoms with Crippen LogP contribution in [0.25, 0.3) is 0 Å². The Morgan fingerprint density at radius 3 is 2.31 bits per heavy atom. The summed E-state index contributed by atoms with van der Waals surface area (Å²) in [5.41, 5.74) is -0.881. The highest BCUT2D eigenvalue weighted by molar-refractivity contribution is 6.09. The molecule has 0 aliphatic carbocycles. The molecule has 3 heterocycles. The number of ether oxygens (including phenoxy) is 3. The Kier molecular flexibility index (Phi) is 17.5. The van der Waals surface area contributed by atoms with Crippen molar-refractivity contribution in [1.82, 2.24) is 9.88 Å². The van der Waals surface area contributed by atoms with Gasteiger partial charge in [-0.05, 0) is 44.4 Å². The second-order valence-electron chi connectivity index (χ2n) is 15.5. The van der Waals surface area contributed by atoms with Gasteiger partial charge in [0.25, 0.3) is 5.56 Å². The average molecular weight is 811 g/mol. The first-order valence-corrected chi connectivity index (χ1v) is 19.5. The van der Waals surface area contributed by atoms with Crippen LogP contribution in [-0.4, -0.2) is 115 Å². The molecule has 2 saturated heterocycles. The number of carbonyl (C=O) groups excluding carboxylic acids is 2. The second kappa shape index (κ2) is 21.1. The molecule has 0 saturated carbocycles. The first-order valence-electron chi connectivity index (χ1n) is 19.5. The van der Waals surface area contributed by atoms with Gasteiger partial charge in [0.15, 0.2) is 5.78 Å². The molecule has 2 fully saturated rings. The van der Waals surface area contributed by atoms with Gasteiger partial charge in [-0.25, -0.2) is 0 Å². The van der Waals surface area contributed by atoms with Crippen molar-refractivity contribution in [2.45, 2.75) is 110 Å². The molecular weight excluding hydrogens is 748 g/mol. The van der Waals surface area contributed by atoms with Gasteiger partial charge in [-0.1, -0.05) is 101 Å². The number of hydrogen-bond acceptors (Lipinski definition) is 12. The lowest BCUT2D eigenvalue weighted by atomic mass is 9.71. The summed E-state index contributed by atoms with van der Waals surface area (Å²) in [5, 5.41) is 68.0. The molecule has 14 nitrogen and oxygen atoms in total. The van der Waals surface area contributed by atoms with Crippen LogP contribution in [0.2, 0.25) is 0 Å². The monoisotopic (exact) mass is 810 g/mol. The molecule has 2 aliphatic heterocycles. The zero-order valence-corrected chi connectivity index (χ0v) is 34.9. The van der Waals surface area contributed by atoms with Crippen LogP contribution < -0.4 is 10.9 Å². The predicted octanol–water partition coefficient (Wildman–Crippen LogP) is 3.09. The van der Waals surface area contributed by atoms with Crippen LogP contribution in [-0.2, 0) is 26.1 Å². The molecule has 0 aromatic carbocycles. The lowest BCUT2D eigenvalue weighted by Crippen LogP contribution is -2.69. The maximum atomic E-state index is 13.3. The predicted molar refractivity (Wildman–Crippen MR) is 220 cm³/mol. The molecule has 320 valence electrons. The number of carbonyl (C=O) groups is 2. The number of aromatic hydroxyl groups is 1. The summed E-state index contributed by atoms with van der Waals surface area (Å²) in [6, 6.07) is 1.27. The molecule has 1 amide bonds. The van der Waals surface area contributed by atoms with Gasteiger partial charge in [0.2, 0.25) is 11.7 Å². The van der Waals surface area contributed by atoms with Crippen molar-refractivity contribution in [2.24, 2.45) is 24.3 Å². The highest BCUT2D eigenvalue weighted by Gasteiger charge is 2.60. The minimum Gasteiger partial charge on any atom is -0.507 e. The van der Waals surface area contributed by atoms with E-state index in [-0.39, 0.29) is 24.1 Å². The van der Waals surface area contributed by atoms with Gasteiger partial charge in [0.1, 0.15) is 35.7 Å². The van der Waals surface area contributed by atoms with Crippen LogP contribution in [0, 0.1) is 17.3 Å². The fraction of sp³-hybridized carbons (Fsp3) is 0.523. The molecule has 1 aromatic rings. The number of methoxy groups -OCH3 is 1. The van der Waals surface area contributed by atoms with Gasteiger partial charge >= 0.3 is 0 Å². The molecule has 7 N–H and O–H groups in total. The molecular formula is C44H62N2O12. The van der Waals surface area contributed by atoms with Crippen LogP contribution in [0.3, 0.4) is 0 Å². The van der Waals surface area contributed by atoms with E-state index in [1.165, 1.54) is 44.0 Å². The Balaban J connectivity index is 1.61. The van der Waals surface area contributed by atoms with Crippen LogP contribution in [0.15, 0.2) is 101 Å². The number of ketones is 1. The molecule has 0 radical (unpaired) electrons. The molecule has 14 heteroatoms. The lowest BCUT2D eigenvalue weighted by molar-refractivity contribution is -0.359. The third-order valence-electron chi connectivity index (χ3n) is 11.0. The zero-order chi connectivity index (χ0) is 43.5. The van der Waals surface area contributed by atoms with Crippen LogP contribution in [0.5, 0.6) is 5.75 Å². The summed E-state index contributed by atoms with van der Waals surface area (Å²) < 4.78 is 19.0. The van der Waals surface area contributed by atoms with Gasteiger partial charge in [-0.2, -0.15) is 0 Å². The Bertz CT molecular complexity index is 1860. The maximum absolute atomic E-state index is 13.3. The standard InChI is InChI=1S/C44H62N2O12/c1-10-12-14-22-32-43(6,7)39(51)40(52)44(55,58-32)29(11-2)41(53)45-24-18-17-20-27(4)37(56-9)28(5)38-36(50)35(49)31(57-38)21-16-13-15-19-26(3)34(48)33-30(47)23-25-46(8)42(33)54/h10,12-23,25,28-29,31-32,35-40,47,49-52,55H,11,24H2,1-9H3,(H,45,53)/b12-10?,15-13?,18-17?,21-16-,22-14?,26-19?,27-20?/t28?,29-,31?,32?,35-,36-,37-,38?,39?,40?,44?/m0/s1. The van der Waals surface area contributed by atoms with Crippen molar-refractivity contribution < 1.29 is 54.4 Å². The van der Waals surface area contributed by atoms with E-state index < -0.39 is 94.9 Å². The van der Waals surface area contributed by atoms with E-state index in [9.17, 15) is 45.0 Å². The molecule has 11 atom stereocenters. The van der Waals surface area contributed by atoms with Gasteiger partial charge in [-0.3, -0.25) is 14.4 Å². The topological polar surface area (TPSA) is 217 Å². The van der Waals surface area contributed by atoms with Crippen molar-refractivity contribution in [1.29, 1.82) is 0 Å². The molecule has 7 unspecified atom stereocenters. The van der Waals surface area contributed by atoms with E-state index in [0.29, 0.717) is 0 Å². The largest absolute Gasteiger partial charge is 0.507 e. The van der Waals surface area contributed by atoms with Crippen molar-refractivity contribution in [3.05, 3.63) is 112 Å². The van der Waals surface area contributed by atoms with Crippen molar-refractivity contribution in [3.8, 4) is 5.75 Å². The summed E-state index contributed by atoms with van der Waals surface area (Å²) in [4.78, 5) is 38.4. The van der Waals surface area contributed by atoms with Crippen molar-refractivity contribution in [3.63, 3.8) is 0 Å². The minimum absolute atomic E-state index is 0.0818. The Hall–Kier alpha value is -4.25. The fourth-order valence-corrected chi connectivity index (χ4v) is 7.27. The van der Waals surface area contributed by atoms with E-state index >= 15 is 0 Å². The normalized spacial score (nSPS) is 29.9. The number of amides is 1. The number of hydrogen-bond donors (Lipinski definition) is 7. The molecule has 0 spiro atoms. The Labute approximate surface area is 340 Å². The summed E-state index contributed by atoms with van der Waals surface area (Å²) >= 11 is 0. The fourth-order valence-electron chi connectivity index (χ4n) is 7.27. The third kappa shape index (κ3) is 10.9. The molecule has 3 rings (SSSR count). The summed E-state index contributed by atoms with van der Waals surface area (Å²) in [7, 11) is 3.01. The second-order valence-corrected chi connectivity index (χ2v) is 15.5. The summed E-state index contributed by atoms with van der Waals surface area (Å²) in [6.45, 7) is 12.2. The first-order chi connectivity index (χ1) is 27.3. The van der Waals surface area contributed by atoms with Gasteiger partial charge < -0.3 is 54.7 Å². The number of Topliss-reactive ketones (excluding diaryl/α,β-unsaturated/α-hetero) is 1. The zero-order valence-electron chi connectivity index (χ0n) is 34.9. The molecule has 58 heavy (non-hydrogen) atoms. The number of allylic oxidation sites excluding steroid dienone is 10. The number of nitrogens with one attached hydrogen (secondary N) is 1. The highest BCUT2D eigenvalue weighted by Crippen LogP contribution is 2.44. The first kappa shape index (κ1) is 48.1. The van der Waals surface area contributed by atoms with E-state index in [0.717, 1.165) is 5.57 Å². The molecule has 1 aromatic heterocycles. The molecule has 2 aliphatic rings. The third-order valence-corrected chi connectivity index (χ3v) is 11.0. The van der Waals surface area contributed by atoms with Gasteiger partial charge in [0.05, 0.1) is 30.3 Å². The number of aliphatic hydroxyl groups is 5. The van der Waals surface area contributed by atoms with Crippen LogP contribution in [0.1, 0.15) is 65.2 Å². The van der Waals surface area contributed by atoms with Gasteiger partial charge in [-0.15, -0.1) is 0 Å². The number of pyridine rings is 1. The lowest BCUT2D eigenvalue weighted by Gasteiger charge is -2.53. The smallest absolute Gasteiger partial charge is 0.265 e. The van der Waals surface area contributed by atoms with Crippen molar-refractivity contribution >= 4 is 11.7 Å². The average Bonchev–Trinajstić information content (AvgIpc) is 3.46. The SMILES string of the molecule is CC=CC=CC1OC(O)([C@@H](CC)C(=O)NCC=CC=C(C)[C@H](OC)C(C)C2OC(/C=C\C=CC=C(C)C(=O)c3c(O)ccn(C)c3=O)[C@H](O)[C@@H]2O)C(O)C(O)C1(C)C. The highest BCUT2D eigenvalue weighted by atomic mass is 16.7. The summed E-state index contributed by atoms with van der Waals surface area (Å²) in [6.07, 6.45) is 13.0. The summed E-state index contributed by atoms with van der Waals surface area (Å²) in [5.74, 6) is -5.51. The van der Waals surface area contributed by atoms with Crippen LogP contribution in [0.4, 0.5) is 0 Å². The van der Waals surface area contributed by atoms with E-state index in [1.54, 1.807) is 81.5 Å². The Morgan fingerprint density at radius 2 is 1.67 bits per heavy atom. The van der Waals surface area contributed by atoms with Crippen LogP contribution >= 0.6 is 0 Å². The number of aromatic nitrogens is 1. The van der Waals surface area contributed by atoms with E-state index in [4.69, 9.17) is 14.2 Å². The number of nitrogens with zero attached hydrogens (tertiary/aromatic N) is 1. The van der Waals surface area contributed by atoms with E-state index in [2.05, 4.69) is 5.32 Å². The molecule has 0 bridgehead atoms. The Morgan fingerprint density at radius 1 is 1.00 bits per heavy atom. The number of aryl methyl sites for hydroxylation is 1.